The topological polar surface area (TPSA) is 55.4 Å². The largest absolute Gasteiger partial charge is 0.462 e. The van der Waals surface area contributed by atoms with E-state index in [4.69, 9.17) is 4.74 Å². The second-order valence-electron chi connectivity index (χ2n) is 6.04. The van der Waals surface area contributed by atoms with Gasteiger partial charge in [0, 0.05) is 0 Å². The molecule has 4 nitrogen and oxygen atoms in total. The van der Waals surface area contributed by atoms with E-state index >= 15 is 0 Å². The maximum atomic E-state index is 12.4. The van der Waals surface area contributed by atoms with Crippen LogP contribution >= 0.6 is 11.3 Å². The Labute approximate surface area is 145 Å². The van der Waals surface area contributed by atoms with Crippen LogP contribution in [0.3, 0.4) is 0 Å². The molecule has 0 aliphatic heterocycles. The molecule has 1 amide bonds. The Kier molecular flexibility index (Phi) is 5.00. The van der Waals surface area contributed by atoms with Gasteiger partial charge in [0.25, 0.3) is 0 Å². The van der Waals surface area contributed by atoms with E-state index in [-0.39, 0.29) is 11.9 Å². The van der Waals surface area contributed by atoms with Crippen molar-refractivity contribution in [2.75, 3.05) is 11.9 Å². The van der Waals surface area contributed by atoms with Crippen molar-refractivity contribution in [3.8, 4) is 0 Å². The first-order chi connectivity index (χ1) is 11.6. The van der Waals surface area contributed by atoms with Crippen LogP contribution in [0.2, 0.25) is 0 Å². The normalized spacial score (nSPS) is 13.6. The molecule has 1 saturated carbocycles. The minimum absolute atomic E-state index is 0.112. The second kappa shape index (κ2) is 7.18. The van der Waals surface area contributed by atoms with Gasteiger partial charge in [-0.1, -0.05) is 24.3 Å². The molecule has 0 spiro atoms. The van der Waals surface area contributed by atoms with Crippen molar-refractivity contribution in [2.45, 2.75) is 39.0 Å². The highest BCUT2D eigenvalue weighted by atomic mass is 32.1. The molecule has 0 unspecified atom stereocenters. The zero-order chi connectivity index (χ0) is 17.1. The third kappa shape index (κ3) is 3.67. The molecule has 1 aliphatic carbocycles. The Hall–Kier alpha value is -2.14. The fourth-order valence-corrected chi connectivity index (χ4v) is 3.77. The number of nitrogens with one attached hydrogen (secondary N) is 1. The van der Waals surface area contributed by atoms with E-state index in [0.29, 0.717) is 29.5 Å². The highest BCUT2D eigenvalue weighted by molar-refractivity contribution is 7.15. The number of benzene rings is 1. The van der Waals surface area contributed by atoms with E-state index in [0.717, 1.165) is 29.5 Å². The number of amides is 1. The van der Waals surface area contributed by atoms with Gasteiger partial charge in [-0.05, 0) is 54.7 Å². The summed E-state index contributed by atoms with van der Waals surface area (Å²) >= 11 is 1.41. The number of anilines is 1. The number of hydrogen-bond acceptors (Lipinski definition) is 4. The average molecular weight is 343 g/mol. The third-order valence-electron chi connectivity index (χ3n) is 4.18. The van der Waals surface area contributed by atoms with Crippen LogP contribution < -0.4 is 5.32 Å². The van der Waals surface area contributed by atoms with Gasteiger partial charge in [-0.2, -0.15) is 0 Å². The van der Waals surface area contributed by atoms with Crippen molar-refractivity contribution in [2.24, 2.45) is 0 Å². The van der Waals surface area contributed by atoms with Crippen molar-refractivity contribution in [1.29, 1.82) is 0 Å². The fourth-order valence-electron chi connectivity index (χ4n) is 2.72. The first kappa shape index (κ1) is 16.7. The molecule has 0 bridgehead atoms. The summed E-state index contributed by atoms with van der Waals surface area (Å²) in [6, 6.07) is 7.82. The van der Waals surface area contributed by atoms with Gasteiger partial charge in [-0.3, -0.25) is 4.79 Å². The Morgan fingerprint density at radius 2 is 2.04 bits per heavy atom. The second-order valence-corrected chi connectivity index (χ2v) is 6.92. The lowest BCUT2D eigenvalue weighted by Gasteiger charge is -2.09. The molecule has 1 heterocycles. The fraction of sp³-hybridized carbons (Fsp3) is 0.368. The van der Waals surface area contributed by atoms with Crippen LogP contribution in [0.25, 0.3) is 0 Å². The molecule has 0 radical (unpaired) electrons. The molecule has 0 saturated heterocycles. The van der Waals surface area contributed by atoms with Crippen molar-refractivity contribution in [1.82, 2.24) is 0 Å². The number of thiophene rings is 1. The van der Waals surface area contributed by atoms with E-state index in [1.807, 2.05) is 36.6 Å². The van der Waals surface area contributed by atoms with Gasteiger partial charge in [0.15, 0.2) is 0 Å². The van der Waals surface area contributed by atoms with Crippen LogP contribution in [-0.4, -0.2) is 18.5 Å². The lowest BCUT2D eigenvalue weighted by atomic mass is 10.1. The van der Waals surface area contributed by atoms with Gasteiger partial charge in [-0.15, -0.1) is 11.3 Å². The summed E-state index contributed by atoms with van der Waals surface area (Å²) in [6.45, 7) is 4.11. The summed E-state index contributed by atoms with van der Waals surface area (Å²) in [6.07, 6.45) is 2.49. The van der Waals surface area contributed by atoms with Crippen molar-refractivity contribution >= 4 is 28.2 Å². The van der Waals surface area contributed by atoms with Crippen molar-refractivity contribution in [3.63, 3.8) is 0 Å². The molecule has 24 heavy (non-hydrogen) atoms. The van der Waals surface area contributed by atoms with E-state index in [1.165, 1.54) is 11.3 Å². The molecule has 5 heteroatoms. The number of esters is 1. The summed E-state index contributed by atoms with van der Waals surface area (Å²) in [5, 5.41) is 5.49. The van der Waals surface area contributed by atoms with E-state index < -0.39 is 0 Å². The van der Waals surface area contributed by atoms with E-state index in [1.54, 1.807) is 6.92 Å². The molecule has 1 N–H and O–H groups in total. The first-order valence-corrected chi connectivity index (χ1v) is 9.11. The highest BCUT2D eigenvalue weighted by Crippen LogP contribution is 2.46. The number of aryl methyl sites for hydroxylation is 1. The Bertz CT molecular complexity index is 762. The van der Waals surface area contributed by atoms with E-state index in [2.05, 4.69) is 5.32 Å². The lowest BCUT2D eigenvalue weighted by Crippen LogP contribution is -2.17. The summed E-state index contributed by atoms with van der Waals surface area (Å²) < 4.78 is 5.18. The summed E-state index contributed by atoms with van der Waals surface area (Å²) in [5.74, 6) is -0.0198. The predicted molar refractivity (Wildman–Crippen MR) is 95.8 cm³/mol. The zero-order valence-electron chi connectivity index (χ0n) is 13.9. The summed E-state index contributed by atoms with van der Waals surface area (Å²) in [4.78, 5) is 24.7. The van der Waals surface area contributed by atoms with Gasteiger partial charge in [0.05, 0.1) is 18.6 Å². The molecule has 2 aromatic rings. The van der Waals surface area contributed by atoms with Crippen LogP contribution in [0.4, 0.5) is 5.00 Å². The summed E-state index contributed by atoms with van der Waals surface area (Å²) in [7, 11) is 0. The van der Waals surface area contributed by atoms with Gasteiger partial charge in [-0.25, -0.2) is 4.79 Å². The third-order valence-corrected chi connectivity index (χ3v) is 5.10. The molecule has 3 rings (SSSR count). The standard InChI is InChI=1S/C19H21NO3S/c1-3-23-19(22)17-15(13-8-9-13)11-24-18(17)20-16(21)10-14-7-5-4-6-12(14)2/h4-7,11,13H,3,8-10H2,1-2H3,(H,20,21). The summed E-state index contributed by atoms with van der Waals surface area (Å²) in [5.41, 5.74) is 3.64. The van der Waals surface area contributed by atoms with Crippen LogP contribution in [0.1, 0.15) is 52.7 Å². The molecule has 0 atom stereocenters. The molecule has 1 fully saturated rings. The average Bonchev–Trinajstić information content (AvgIpc) is 3.31. The predicted octanol–water partition coefficient (Wildman–Crippen LogP) is 4.29. The number of carbonyl (C=O) groups is 2. The van der Waals surface area contributed by atoms with Gasteiger partial charge in [0.1, 0.15) is 5.00 Å². The van der Waals surface area contributed by atoms with E-state index in [9.17, 15) is 9.59 Å². The monoisotopic (exact) mass is 343 g/mol. The molecule has 126 valence electrons. The molecular formula is C19H21NO3S. The van der Waals surface area contributed by atoms with Crippen LogP contribution in [0, 0.1) is 6.92 Å². The number of rotatable bonds is 6. The number of carbonyl (C=O) groups excluding carboxylic acids is 2. The molecule has 1 aromatic heterocycles. The molecule has 1 aliphatic rings. The van der Waals surface area contributed by atoms with Gasteiger partial charge < -0.3 is 10.1 Å². The van der Waals surface area contributed by atoms with Crippen LogP contribution in [0.5, 0.6) is 0 Å². The number of ether oxygens (including phenoxy) is 1. The van der Waals surface area contributed by atoms with Crippen molar-refractivity contribution in [3.05, 3.63) is 51.9 Å². The quantitative estimate of drug-likeness (QED) is 0.796. The van der Waals surface area contributed by atoms with Gasteiger partial charge >= 0.3 is 5.97 Å². The minimum Gasteiger partial charge on any atom is -0.462 e. The Morgan fingerprint density at radius 3 is 2.71 bits per heavy atom. The minimum atomic E-state index is -0.341. The van der Waals surface area contributed by atoms with Crippen LogP contribution in [-0.2, 0) is 16.0 Å². The van der Waals surface area contributed by atoms with Crippen LogP contribution in [0.15, 0.2) is 29.6 Å². The SMILES string of the molecule is CCOC(=O)c1c(C2CC2)csc1NC(=O)Cc1ccccc1C. The first-order valence-electron chi connectivity index (χ1n) is 8.23. The zero-order valence-corrected chi connectivity index (χ0v) is 14.7. The Balaban J connectivity index is 1.78. The van der Waals surface area contributed by atoms with Gasteiger partial charge in [0.2, 0.25) is 5.91 Å². The number of hydrogen-bond donors (Lipinski definition) is 1. The Morgan fingerprint density at radius 1 is 1.29 bits per heavy atom. The smallest absolute Gasteiger partial charge is 0.341 e. The molecular weight excluding hydrogens is 322 g/mol. The van der Waals surface area contributed by atoms with Crippen molar-refractivity contribution < 1.29 is 14.3 Å². The molecule has 1 aromatic carbocycles. The lowest BCUT2D eigenvalue weighted by molar-refractivity contribution is -0.115. The maximum Gasteiger partial charge on any atom is 0.341 e. The maximum absolute atomic E-state index is 12.4. The highest BCUT2D eigenvalue weighted by Gasteiger charge is 2.32.